The molecule has 4 atom stereocenters. The van der Waals surface area contributed by atoms with E-state index in [1.54, 1.807) is 24.0 Å². The second-order valence-corrected chi connectivity index (χ2v) is 11.6. The van der Waals surface area contributed by atoms with Gasteiger partial charge in [-0.2, -0.15) is 9.61 Å². The van der Waals surface area contributed by atoms with Gasteiger partial charge in [0.25, 0.3) is 5.91 Å². The van der Waals surface area contributed by atoms with Crippen LogP contribution >= 0.6 is 0 Å². The Kier molecular flexibility index (Phi) is 7.68. The molecule has 45 heavy (non-hydrogen) atoms. The van der Waals surface area contributed by atoms with Gasteiger partial charge in [-0.25, -0.2) is 14.8 Å². The molecular formula is C33H35N7O5. The van der Waals surface area contributed by atoms with E-state index in [9.17, 15) is 9.59 Å². The average molecular weight is 610 g/mol. The van der Waals surface area contributed by atoms with E-state index in [0.717, 1.165) is 40.8 Å². The highest BCUT2D eigenvalue weighted by atomic mass is 16.6. The maximum atomic E-state index is 13.6. The molecular weight excluding hydrogens is 574 g/mol. The molecule has 4 aromatic heterocycles. The first-order valence-electron chi connectivity index (χ1n) is 15.1. The van der Waals surface area contributed by atoms with Crippen molar-refractivity contribution < 1.29 is 23.8 Å². The van der Waals surface area contributed by atoms with Crippen molar-refractivity contribution in [2.45, 2.75) is 50.1 Å². The Morgan fingerprint density at radius 2 is 1.96 bits per heavy atom. The third kappa shape index (κ3) is 5.29. The summed E-state index contributed by atoms with van der Waals surface area (Å²) >= 11 is 0. The summed E-state index contributed by atoms with van der Waals surface area (Å²) in [4.78, 5) is 37.6. The highest BCUT2D eigenvalue weighted by Crippen LogP contribution is 2.36. The third-order valence-electron chi connectivity index (χ3n) is 8.88. The maximum Gasteiger partial charge on any atom is 0.335 e. The van der Waals surface area contributed by atoms with E-state index < -0.39 is 6.10 Å². The number of rotatable bonds is 9. The van der Waals surface area contributed by atoms with Crippen LogP contribution in [0.1, 0.15) is 41.2 Å². The van der Waals surface area contributed by atoms with Gasteiger partial charge in [-0.1, -0.05) is 30.3 Å². The number of pyridine rings is 1. The Bertz CT molecular complexity index is 1870. The molecule has 232 valence electrons. The molecule has 1 amide bonds. The summed E-state index contributed by atoms with van der Waals surface area (Å²) in [7, 11) is 5.03. The number of aromatic nitrogens is 5. The number of carbonyl (C=O) groups is 2. The quantitative estimate of drug-likeness (QED) is 0.249. The first kappa shape index (κ1) is 28.9. The Labute approximate surface area is 259 Å². The lowest BCUT2D eigenvalue weighted by Crippen LogP contribution is -2.51. The van der Waals surface area contributed by atoms with E-state index in [1.807, 2.05) is 49.6 Å². The van der Waals surface area contributed by atoms with Crippen molar-refractivity contribution in [1.82, 2.24) is 29.5 Å². The highest BCUT2D eigenvalue weighted by Gasteiger charge is 2.35. The molecule has 0 radical (unpaired) electrons. The van der Waals surface area contributed by atoms with Crippen molar-refractivity contribution in [3.8, 4) is 11.3 Å². The molecule has 1 aliphatic carbocycles. The van der Waals surface area contributed by atoms with E-state index in [1.165, 1.54) is 7.11 Å². The zero-order chi connectivity index (χ0) is 31.1. The number of esters is 1. The molecule has 5 aromatic rings. The van der Waals surface area contributed by atoms with Crippen LogP contribution in [-0.2, 0) is 25.5 Å². The number of nitrogens with one attached hydrogen (secondary N) is 1. The van der Waals surface area contributed by atoms with Gasteiger partial charge in [-0.15, -0.1) is 0 Å². The van der Waals surface area contributed by atoms with Crippen LogP contribution in [0.25, 0.3) is 27.9 Å². The summed E-state index contributed by atoms with van der Waals surface area (Å²) in [6.07, 6.45) is 6.97. The van der Waals surface area contributed by atoms with Crippen LogP contribution in [-0.4, -0.2) is 82.1 Å². The number of nitrogens with zero attached hydrogens (tertiary/aromatic N) is 6. The van der Waals surface area contributed by atoms with Crippen LogP contribution in [0.5, 0.6) is 0 Å². The fourth-order valence-corrected chi connectivity index (χ4v) is 6.28. The minimum atomic E-state index is -0.626. The van der Waals surface area contributed by atoms with Crippen LogP contribution in [0.2, 0.25) is 0 Å². The van der Waals surface area contributed by atoms with Crippen molar-refractivity contribution >= 4 is 34.4 Å². The van der Waals surface area contributed by atoms with Crippen LogP contribution in [0.4, 0.5) is 5.82 Å². The van der Waals surface area contributed by atoms with E-state index in [2.05, 4.69) is 32.0 Å². The summed E-state index contributed by atoms with van der Waals surface area (Å²) in [5, 5.41) is 8.64. The Balaban J connectivity index is 1.33. The Hall–Kier alpha value is -4.81. The van der Waals surface area contributed by atoms with E-state index in [0.29, 0.717) is 36.5 Å². The summed E-state index contributed by atoms with van der Waals surface area (Å²) in [6.45, 7) is 0.976. The molecule has 1 aliphatic heterocycles. The topological polar surface area (TPSA) is 125 Å². The minimum absolute atomic E-state index is 0.00357. The first-order chi connectivity index (χ1) is 21.9. The van der Waals surface area contributed by atoms with Crippen LogP contribution in [0, 0.1) is 0 Å². The lowest BCUT2D eigenvalue weighted by Gasteiger charge is -2.35. The van der Waals surface area contributed by atoms with Gasteiger partial charge in [-0.3, -0.25) is 4.79 Å². The monoisotopic (exact) mass is 609 g/mol. The van der Waals surface area contributed by atoms with Crippen LogP contribution < -0.4 is 10.2 Å². The smallest absolute Gasteiger partial charge is 0.335 e. The van der Waals surface area contributed by atoms with Gasteiger partial charge < -0.3 is 29.0 Å². The van der Waals surface area contributed by atoms with Gasteiger partial charge >= 0.3 is 5.97 Å². The Morgan fingerprint density at radius 3 is 2.71 bits per heavy atom. The number of hydrogen-bond acceptors (Lipinski definition) is 9. The molecule has 2 aliphatic rings. The number of hydrogen-bond donors (Lipinski definition) is 1. The average Bonchev–Trinajstić information content (AvgIpc) is 3.80. The number of ether oxygens (including phenoxy) is 3. The van der Waals surface area contributed by atoms with Gasteiger partial charge in [0.2, 0.25) is 0 Å². The molecule has 0 unspecified atom stereocenters. The fraction of sp³-hybridized carbons (Fsp3) is 0.364. The molecule has 0 spiro atoms. The van der Waals surface area contributed by atoms with Gasteiger partial charge in [0, 0.05) is 56.5 Å². The SMILES string of the molecule is COC(=O)[C@H]1C[C@@H](n2cc(-c3cc(N(C)Cc4ccccc4)n4ncc(C(=O)N[C@H]5CC[C@@H]5OC)c4n3)c3cccnc32)CO1. The predicted molar refractivity (Wildman–Crippen MR) is 167 cm³/mol. The van der Waals surface area contributed by atoms with Gasteiger partial charge in [0.05, 0.1) is 43.8 Å². The molecule has 1 aromatic carbocycles. The molecule has 5 heterocycles. The summed E-state index contributed by atoms with van der Waals surface area (Å²) in [5.41, 5.74) is 4.25. The van der Waals surface area contributed by atoms with Crippen LogP contribution in [0.15, 0.2) is 67.1 Å². The van der Waals surface area contributed by atoms with Crippen molar-refractivity contribution in [3.63, 3.8) is 0 Å². The Morgan fingerprint density at radius 1 is 1.11 bits per heavy atom. The fourth-order valence-electron chi connectivity index (χ4n) is 6.28. The molecule has 7 rings (SSSR count). The van der Waals surface area contributed by atoms with Gasteiger partial charge in [-0.05, 0) is 30.5 Å². The van der Waals surface area contributed by atoms with Gasteiger partial charge in [0.1, 0.15) is 17.0 Å². The third-order valence-corrected chi connectivity index (χ3v) is 8.88. The lowest BCUT2D eigenvalue weighted by atomic mass is 9.89. The molecule has 2 fully saturated rings. The molecule has 12 heteroatoms. The van der Waals surface area contributed by atoms with Gasteiger partial charge in [0.15, 0.2) is 11.8 Å². The zero-order valence-corrected chi connectivity index (χ0v) is 25.4. The number of carbonyl (C=O) groups excluding carboxylic acids is 2. The summed E-state index contributed by atoms with van der Waals surface area (Å²) in [6, 6.07) is 15.9. The minimum Gasteiger partial charge on any atom is -0.467 e. The molecule has 1 saturated heterocycles. The van der Waals surface area contributed by atoms with Crippen molar-refractivity contribution in [2.75, 3.05) is 32.8 Å². The normalized spacial score (nSPS) is 21.1. The van der Waals surface area contributed by atoms with E-state index in [-0.39, 0.29) is 30.1 Å². The molecule has 12 nitrogen and oxygen atoms in total. The lowest BCUT2D eigenvalue weighted by molar-refractivity contribution is -0.151. The van der Waals surface area contributed by atoms with Crippen molar-refractivity contribution in [2.24, 2.45) is 0 Å². The van der Waals surface area contributed by atoms with Crippen LogP contribution in [0.3, 0.4) is 0 Å². The second kappa shape index (κ2) is 11.9. The molecule has 1 N–H and O–H groups in total. The number of methoxy groups -OCH3 is 2. The van der Waals surface area contributed by atoms with Crippen molar-refractivity contribution in [3.05, 3.63) is 78.2 Å². The van der Waals surface area contributed by atoms with E-state index >= 15 is 0 Å². The predicted octanol–water partition coefficient (Wildman–Crippen LogP) is 3.79. The second-order valence-electron chi connectivity index (χ2n) is 11.6. The number of benzene rings is 1. The standard InChI is InChI=1S/C33H35N7O5/c1-38(17-20-8-5-4-6-9-20)29-15-26(36-31-23(16-35-40(29)31)32(41)37-25-11-12-27(25)43-2)24-18-39(30-22(24)10-7-13-34-30)21-14-28(45-19-21)33(42)44-3/h4-10,13,15-16,18,21,25,27-28H,11-12,14,17,19H2,1-3H3,(H,37,41)/t21-,25+,27+,28-/m1/s1. The number of amides is 1. The van der Waals surface area contributed by atoms with E-state index in [4.69, 9.17) is 24.2 Å². The number of fused-ring (bicyclic) bond motifs is 2. The molecule has 0 bridgehead atoms. The summed E-state index contributed by atoms with van der Waals surface area (Å²) < 4.78 is 20.0. The maximum absolute atomic E-state index is 13.6. The summed E-state index contributed by atoms with van der Waals surface area (Å²) in [5.74, 6) is 0.154. The highest BCUT2D eigenvalue weighted by molar-refractivity contribution is 6.01. The first-order valence-corrected chi connectivity index (χ1v) is 15.1. The number of anilines is 1. The van der Waals surface area contributed by atoms with Crippen molar-refractivity contribution in [1.29, 1.82) is 0 Å². The largest absolute Gasteiger partial charge is 0.467 e. The molecule has 1 saturated carbocycles. The zero-order valence-electron chi connectivity index (χ0n) is 25.4.